The Morgan fingerprint density at radius 2 is 2.07 bits per heavy atom. The molecular formula is C24H33NO2S. The van der Waals surface area contributed by atoms with Crippen LogP contribution in [-0.2, 0) is 22.6 Å². The fourth-order valence-electron chi connectivity index (χ4n) is 3.31. The molecule has 1 unspecified atom stereocenters. The zero-order valence-electron chi connectivity index (χ0n) is 17.5. The Balaban J connectivity index is 2.53. The first kappa shape index (κ1) is 22.5. The lowest BCUT2D eigenvalue weighted by Gasteiger charge is -2.41. The number of nitrogens with zero attached hydrogens (tertiary/aromatic N) is 1. The van der Waals surface area contributed by atoms with Crippen LogP contribution in [0.5, 0.6) is 0 Å². The van der Waals surface area contributed by atoms with Gasteiger partial charge in [-0.3, -0.25) is 0 Å². The minimum atomic E-state index is -1.21. The molecule has 28 heavy (non-hydrogen) atoms. The number of ether oxygens (including phenoxy) is 1. The van der Waals surface area contributed by atoms with E-state index in [1.807, 2.05) is 64.1 Å². The minimum Gasteiger partial charge on any atom is -0.597 e. The molecule has 2 rings (SSSR count). The molecule has 1 aliphatic heterocycles. The second-order valence-electron chi connectivity index (χ2n) is 7.89. The van der Waals surface area contributed by atoms with Crippen molar-refractivity contribution in [2.24, 2.45) is 0 Å². The summed E-state index contributed by atoms with van der Waals surface area (Å²) in [5.41, 5.74) is 2.20. The van der Waals surface area contributed by atoms with Crippen LogP contribution in [0.1, 0.15) is 46.1 Å². The van der Waals surface area contributed by atoms with E-state index in [9.17, 15) is 4.55 Å². The molecule has 1 aromatic carbocycles. The summed E-state index contributed by atoms with van der Waals surface area (Å²) >= 11 is -1.21. The average Bonchev–Trinajstić information content (AvgIpc) is 2.68. The first-order valence-corrected chi connectivity index (χ1v) is 11.0. The number of allylic oxidation sites excluding steroid dienone is 4. The van der Waals surface area contributed by atoms with Crippen LogP contribution in [0.25, 0.3) is 0 Å². The molecule has 1 heterocycles. The van der Waals surface area contributed by atoms with Crippen LogP contribution in [0.4, 0.5) is 0 Å². The van der Waals surface area contributed by atoms with Gasteiger partial charge in [0.25, 0.3) is 0 Å². The molecule has 0 fully saturated rings. The van der Waals surface area contributed by atoms with Crippen molar-refractivity contribution >= 4 is 11.4 Å². The van der Waals surface area contributed by atoms with Gasteiger partial charge in [-0.2, -0.15) is 0 Å². The number of hydrogen-bond donors (Lipinski definition) is 0. The maximum Gasteiger partial charge on any atom is 0.137 e. The lowest BCUT2D eigenvalue weighted by Crippen LogP contribution is -2.53. The summed E-state index contributed by atoms with van der Waals surface area (Å²) in [5, 5.41) is 0. The monoisotopic (exact) mass is 399 g/mol. The highest BCUT2D eigenvalue weighted by atomic mass is 32.2. The van der Waals surface area contributed by atoms with Crippen LogP contribution in [0.3, 0.4) is 0 Å². The van der Waals surface area contributed by atoms with E-state index in [1.165, 1.54) is 0 Å². The molecule has 0 spiro atoms. The predicted octanol–water partition coefficient (Wildman–Crippen LogP) is 5.70. The molecule has 152 valence electrons. The van der Waals surface area contributed by atoms with Gasteiger partial charge in [0.05, 0.1) is 12.8 Å². The summed E-state index contributed by atoms with van der Waals surface area (Å²) in [6.07, 6.45) is 13.5. The van der Waals surface area contributed by atoms with Crippen molar-refractivity contribution in [3.63, 3.8) is 0 Å². The Kier molecular flexibility index (Phi) is 8.61. The van der Waals surface area contributed by atoms with Crippen LogP contribution in [0.15, 0.2) is 79.1 Å². The number of benzene rings is 1. The molecular weight excluding hydrogens is 366 g/mol. The Morgan fingerprint density at radius 1 is 1.36 bits per heavy atom. The quantitative estimate of drug-likeness (QED) is 0.415. The van der Waals surface area contributed by atoms with Gasteiger partial charge in [0.1, 0.15) is 16.9 Å². The lowest BCUT2D eigenvalue weighted by atomic mass is 9.95. The van der Waals surface area contributed by atoms with Crippen LogP contribution in [-0.4, -0.2) is 25.8 Å². The summed E-state index contributed by atoms with van der Waals surface area (Å²) in [4.78, 5) is 0. The van der Waals surface area contributed by atoms with Gasteiger partial charge in [-0.1, -0.05) is 61.2 Å². The summed E-state index contributed by atoms with van der Waals surface area (Å²) in [5.74, 6) is 0. The average molecular weight is 400 g/mol. The van der Waals surface area contributed by atoms with E-state index in [2.05, 4.69) is 29.1 Å². The van der Waals surface area contributed by atoms with Crippen molar-refractivity contribution in [2.75, 3.05) is 0 Å². The molecule has 0 N–H and O–H groups in total. The van der Waals surface area contributed by atoms with Crippen molar-refractivity contribution in [1.29, 1.82) is 0 Å². The Morgan fingerprint density at radius 3 is 2.61 bits per heavy atom. The first-order valence-electron chi connectivity index (χ1n) is 9.86. The van der Waals surface area contributed by atoms with E-state index < -0.39 is 11.4 Å². The van der Waals surface area contributed by atoms with Crippen LogP contribution in [0, 0.1) is 0 Å². The SMILES string of the molecule is C=C/C=C(\C=C/C)[C@H]([C@@H]1CCC=CO1)N(Cc1ccccc1)[S+]([O-])C(C)(C)C. The normalized spacial score (nSPS) is 20.2. The van der Waals surface area contributed by atoms with Crippen molar-refractivity contribution in [3.05, 3.63) is 84.7 Å². The van der Waals surface area contributed by atoms with Crippen molar-refractivity contribution in [2.45, 2.75) is 64.0 Å². The largest absolute Gasteiger partial charge is 0.597 e. The fraction of sp³-hybridized carbons (Fsp3) is 0.417. The summed E-state index contributed by atoms with van der Waals surface area (Å²) in [7, 11) is 0. The smallest absolute Gasteiger partial charge is 0.137 e. The third-order valence-electron chi connectivity index (χ3n) is 4.56. The Hall–Kier alpha value is -1.75. The van der Waals surface area contributed by atoms with E-state index in [0.29, 0.717) is 6.54 Å². The third-order valence-corrected chi connectivity index (χ3v) is 6.39. The zero-order chi connectivity index (χ0) is 20.6. The molecule has 0 aromatic heterocycles. The van der Waals surface area contributed by atoms with E-state index in [-0.39, 0.29) is 16.9 Å². The highest BCUT2D eigenvalue weighted by Crippen LogP contribution is 2.32. The fourth-order valence-corrected chi connectivity index (χ4v) is 4.74. The second kappa shape index (κ2) is 10.7. The molecule has 0 bridgehead atoms. The minimum absolute atomic E-state index is 0.0672. The molecule has 0 aliphatic carbocycles. The summed E-state index contributed by atoms with van der Waals surface area (Å²) < 4.78 is 21.4. The van der Waals surface area contributed by atoms with Gasteiger partial charge in [-0.05, 0) is 57.7 Å². The van der Waals surface area contributed by atoms with Gasteiger partial charge in [0.2, 0.25) is 0 Å². The highest BCUT2D eigenvalue weighted by Gasteiger charge is 2.43. The van der Waals surface area contributed by atoms with Crippen LogP contribution < -0.4 is 0 Å². The molecule has 1 aliphatic rings. The molecule has 0 amide bonds. The predicted molar refractivity (Wildman–Crippen MR) is 120 cm³/mol. The molecule has 3 atom stereocenters. The van der Waals surface area contributed by atoms with Gasteiger partial charge in [-0.15, -0.1) is 4.31 Å². The van der Waals surface area contributed by atoms with Gasteiger partial charge in [-0.25, -0.2) is 0 Å². The molecule has 0 radical (unpaired) electrons. The maximum atomic E-state index is 13.7. The lowest BCUT2D eigenvalue weighted by molar-refractivity contribution is 0.0694. The van der Waals surface area contributed by atoms with Crippen molar-refractivity contribution in [3.8, 4) is 0 Å². The topological polar surface area (TPSA) is 35.5 Å². The van der Waals surface area contributed by atoms with E-state index in [0.717, 1.165) is 24.0 Å². The summed E-state index contributed by atoms with van der Waals surface area (Å²) in [6.45, 7) is 12.5. The second-order valence-corrected chi connectivity index (χ2v) is 10.1. The number of hydrogen-bond acceptors (Lipinski definition) is 3. The Labute approximate surface area is 173 Å². The molecule has 0 saturated heterocycles. The van der Waals surface area contributed by atoms with Gasteiger partial charge >= 0.3 is 0 Å². The standard InChI is InChI=1S/C24H33NO2S/c1-6-13-21(14-7-2)23(22-17-11-12-18-27-22)25(28(26)24(3,4)5)19-20-15-9-8-10-16-20/h6-10,12-16,18,22-23H,1,11,17,19H2,2-5H3/b14-7-,21-13+/t22-,23+,28?/m0/s1. The van der Waals surface area contributed by atoms with Gasteiger partial charge < -0.3 is 9.29 Å². The first-order chi connectivity index (χ1) is 13.4. The highest BCUT2D eigenvalue weighted by molar-refractivity contribution is 7.90. The van der Waals surface area contributed by atoms with Crippen molar-refractivity contribution < 1.29 is 9.29 Å². The Bertz CT molecular complexity index is 703. The maximum absolute atomic E-state index is 13.7. The molecule has 0 saturated carbocycles. The van der Waals surface area contributed by atoms with E-state index in [4.69, 9.17) is 4.74 Å². The van der Waals surface area contributed by atoms with Crippen LogP contribution >= 0.6 is 0 Å². The number of rotatable bonds is 8. The molecule has 1 aromatic rings. The molecule has 3 nitrogen and oxygen atoms in total. The van der Waals surface area contributed by atoms with Crippen molar-refractivity contribution in [1.82, 2.24) is 4.31 Å². The molecule has 4 heteroatoms. The van der Waals surface area contributed by atoms with Gasteiger partial charge in [0.15, 0.2) is 0 Å². The van der Waals surface area contributed by atoms with E-state index >= 15 is 0 Å². The van der Waals surface area contributed by atoms with Gasteiger partial charge in [0, 0.05) is 11.4 Å². The summed E-state index contributed by atoms with van der Waals surface area (Å²) in [6, 6.07) is 10.1. The zero-order valence-corrected chi connectivity index (χ0v) is 18.3. The van der Waals surface area contributed by atoms with Crippen LogP contribution in [0.2, 0.25) is 0 Å². The van der Waals surface area contributed by atoms with E-state index in [1.54, 1.807) is 12.3 Å². The third kappa shape index (κ3) is 6.13.